The van der Waals surface area contributed by atoms with Gasteiger partial charge in [0.05, 0.1) is 0 Å². The maximum atomic E-state index is 12.9. The summed E-state index contributed by atoms with van der Waals surface area (Å²) in [5.74, 6) is -0.926. The number of allylic oxidation sites excluding steroid dienone is 20. The lowest BCUT2D eigenvalue weighted by Crippen LogP contribution is -2.30. The molecule has 0 aromatic rings. The fourth-order valence-corrected chi connectivity index (χ4v) is 9.06. The largest absolute Gasteiger partial charge is 0.462 e. The molecule has 0 aliphatic rings. The summed E-state index contributed by atoms with van der Waals surface area (Å²) >= 11 is 0. The third kappa shape index (κ3) is 64.5. The van der Waals surface area contributed by atoms with Gasteiger partial charge < -0.3 is 14.2 Å². The van der Waals surface area contributed by atoms with Gasteiger partial charge in [0, 0.05) is 19.3 Å². The molecule has 0 radical (unpaired) electrons. The molecule has 0 amide bonds. The van der Waals surface area contributed by atoms with Gasteiger partial charge in [-0.25, -0.2) is 0 Å². The number of ether oxygens (including phenoxy) is 3. The van der Waals surface area contributed by atoms with Crippen molar-refractivity contribution in [1.82, 2.24) is 0 Å². The topological polar surface area (TPSA) is 78.9 Å². The SMILES string of the molecule is CC/C=C\C/C=C\C/C=C\C/C=C\C/C=C\C/C=C\C/C=C\C/C=C\C/C=C\C/C=C\CCCCC(=O)OCC(COC(=O)CCCCCCCCCCCCCC)OC(=O)CCCCCCCCCCCCCCCCCC. The third-order valence-corrected chi connectivity index (χ3v) is 14.0. The number of esters is 3. The van der Waals surface area contributed by atoms with E-state index in [1.165, 1.54) is 141 Å². The van der Waals surface area contributed by atoms with Crippen LogP contribution in [0.2, 0.25) is 0 Å². The molecular weight excluding hydrogens is 973 g/mol. The van der Waals surface area contributed by atoms with Crippen molar-refractivity contribution in [2.24, 2.45) is 0 Å². The van der Waals surface area contributed by atoms with Crippen LogP contribution in [0.5, 0.6) is 0 Å². The van der Waals surface area contributed by atoms with Crippen molar-refractivity contribution in [1.29, 1.82) is 0 Å². The van der Waals surface area contributed by atoms with Gasteiger partial charge in [-0.1, -0.05) is 309 Å². The van der Waals surface area contributed by atoms with E-state index in [0.29, 0.717) is 19.3 Å². The van der Waals surface area contributed by atoms with Crippen LogP contribution in [0.3, 0.4) is 0 Å². The summed E-state index contributed by atoms with van der Waals surface area (Å²) in [5, 5.41) is 0. The van der Waals surface area contributed by atoms with Crippen LogP contribution < -0.4 is 0 Å². The molecule has 0 saturated heterocycles. The van der Waals surface area contributed by atoms with E-state index in [4.69, 9.17) is 14.2 Å². The third-order valence-electron chi connectivity index (χ3n) is 14.0. The molecule has 0 aromatic carbocycles. The quantitative estimate of drug-likeness (QED) is 0.0261. The van der Waals surface area contributed by atoms with Gasteiger partial charge in [0.2, 0.25) is 0 Å². The van der Waals surface area contributed by atoms with E-state index in [9.17, 15) is 14.4 Å². The number of hydrogen-bond donors (Lipinski definition) is 0. The minimum atomic E-state index is -0.795. The number of carbonyl (C=O) groups excluding carboxylic acids is 3. The van der Waals surface area contributed by atoms with Crippen molar-refractivity contribution in [3.05, 3.63) is 122 Å². The minimum absolute atomic E-state index is 0.0890. The molecule has 79 heavy (non-hydrogen) atoms. The highest BCUT2D eigenvalue weighted by Gasteiger charge is 2.19. The summed E-state index contributed by atoms with van der Waals surface area (Å²) in [4.78, 5) is 38.2. The summed E-state index contributed by atoms with van der Waals surface area (Å²) in [7, 11) is 0. The van der Waals surface area contributed by atoms with E-state index < -0.39 is 6.10 Å². The highest BCUT2D eigenvalue weighted by Crippen LogP contribution is 2.16. The second kappa shape index (κ2) is 66.3. The maximum absolute atomic E-state index is 12.9. The summed E-state index contributed by atoms with van der Waals surface area (Å²) in [6, 6.07) is 0. The molecule has 0 saturated carbocycles. The smallest absolute Gasteiger partial charge is 0.306 e. The van der Waals surface area contributed by atoms with Crippen LogP contribution in [0, 0.1) is 0 Å². The molecule has 0 aliphatic carbocycles. The van der Waals surface area contributed by atoms with Crippen LogP contribution in [0.25, 0.3) is 0 Å². The zero-order chi connectivity index (χ0) is 57.1. The summed E-state index contributed by atoms with van der Waals surface area (Å²) in [6.45, 7) is 6.51. The lowest BCUT2D eigenvalue weighted by atomic mass is 10.0. The van der Waals surface area contributed by atoms with E-state index in [-0.39, 0.29) is 31.1 Å². The Bertz CT molecular complexity index is 1640. The predicted molar refractivity (Wildman–Crippen MR) is 343 cm³/mol. The first-order valence-electron chi connectivity index (χ1n) is 33.0. The van der Waals surface area contributed by atoms with Gasteiger partial charge in [-0.2, -0.15) is 0 Å². The second-order valence-electron chi connectivity index (χ2n) is 21.7. The van der Waals surface area contributed by atoms with Crippen molar-refractivity contribution in [3.63, 3.8) is 0 Å². The first-order valence-corrected chi connectivity index (χ1v) is 33.0. The summed E-state index contributed by atoms with van der Waals surface area (Å²) < 4.78 is 16.9. The van der Waals surface area contributed by atoms with Crippen molar-refractivity contribution in [2.45, 2.75) is 309 Å². The number of carbonyl (C=O) groups is 3. The van der Waals surface area contributed by atoms with Crippen LogP contribution in [0.1, 0.15) is 303 Å². The van der Waals surface area contributed by atoms with Crippen LogP contribution >= 0.6 is 0 Å². The Balaban J connectivity index is 4.34. The molecule has 0 spiro atoms. The lowest BCUT2D eigenvalue weighted by molar-refractivity contribution is -0.167. The number of rotatable bonds is 59. The molecule has 0 rings (SSSR count). The van der Waals surface area contributed by atoms with E-state index in [2.05, 4.69) is 142 Å². The molecule has 0 heterocycles. The molecule has 0 aromatic heterocycles. The van der Waals surface area contributed by atoms with E-state index in [0.717, 1.165) is 122 Å². The number of unbranched alkanes of at least 4 members (excludes halogenated alkanes) is 28. The average molecular weight is 1100 g/mol. The Labute approximate surface area is 488 Å². The molecule has 450 valence electrons. The van der Waals surface area contributed by atoms with Crippen LogP contribution in [0.15, 0.2) is 122 Å². The molecular formula is C73H122O6. The molecule has 0 fully saturated rings. The van der Waals surface area contributed by atoms with Gasteiger partial charge in [0.25, 0.3) is 0 Å². The molecule has 0 aliphatic heterocycles. The highest BCUT2D eigenvalue weighted by atomic mass is 16.6. The van der Waals surface area contributed by atoms with E-state index >= 15 is 0 Å². The zero-order valence-corrected chi connectivity index (χ0v) is 51.6. The molecule has 0 N–H and O–H groups in total. The Morgan fingerprint density at radius 1 is 0.266 bits per heavy atom. The van der Waals surface area contributed by atoms with Crippen LogP contribution in [0.4, 0.5) is 0 Å². The Morgan fingerprint density at radius 3 is 0.772 bits per heavy atom. The average Bonchev–Trinajstić information content (AvgIpc) is 3.45. The molecule has 6 nitrogen and oxygen atoms in total. The molecule has 6 heteroatoms. The van der Waals surface area contributed by atoms with Crippen molar-refractivity contribution in [2.75, 3.05) is 13.2 Å². The Kier molecular flexibility index (Phi) is 62.8. The standard InChI is InChI=1S/C73H122O6/c1-4-7-10-13-16-19-22-25-27-29-30-31-32-33-34-35-36-37-38-39-40-41-42-43-44-45-47-48-51-54-57-60-63-66-72(75)78-69-70(68-77-71(74)65-62-59-56-53-50-24-21-18-15-12-9-6-3)79-73(76)67-64-61-58-55-52-49-46-28-26-23-20-17-14-11-8-5-2/h7,10,16,19,25,27,30-31,33-34,36-37,39-40,42-43,45,47,51,54,70H,4-6,8-9,11-15,17-18,20-24,26,28-29,32,35,38,41,44,46,48-50,52-53,55-69H2,1-3H3/b10-7-,19-16-,27-25-,31-30-,34-33-,37-36-,40-39-,43-42-,47-45-,54-51-. The second-order valence-corrected chi connectivity index (χ2v) is 21.7. The maximum Gasteiger partial charge on any atom is 0.306 e. The fraction of sp³-hybridized carbons (Fsp3) is 0.685. The van der Waals surface area contributed by atoms with Gasteiger partial charge in [-0.3, -0.25) is 14.4 Å². The van der Waals surface area contributed by atoms with E-state index in [1.807, 2.05) is 0 Å². The summed E-state index contributed by atoms with van der Waals surface area (Å²) in [5.41, 5.74) is 0. The first-order chi connectivity index (χ1) is 39.0. The summed E-state index contributed by atoms with van der Waals surface area (Å²) in [6.07, 6.45) is 92.1. The van der Waals surface area contributed by atoms with E-state index in [1.54, 1.807) is 0 Å². The molecule has 1 atom stereocenters. The Hall–Kier alpha value is -4.19. The molecule has 0 bridgehead atoms. The van der Waals surface area contributed by atoms with Crippen molar-refractivity contribution >= 4 is 17.9 Å². The zero-order valence-electron chi connectivity index (χ0n) is 51.6. The molecule has 1 unspecified atom stereocenters. The van der Waals surface area contributed by atoms with Gasteiger partial charge in [-0.05, 0) is 96.3 Å². The normalized spacial score (nSPS) is 12.9. The highest BCUT2D eigenvalue weighted by molar-refractivity contribution is 5.71. The number of hydrogen-bond acceptors (Lipinski definition) is 6. The fourth-order valence-electron chi connectivity index (χ4n) is 9.06. The monoisotopic (exact) mass is 1090 g/mol. The van der Waals surface area contributed by atoms with Crippen molar-refractivity contribution in [3.8, 4) is 0 Å². The van der Waals surface area contributed by atoms with Gasteiger partial charge in [-0.15, -0.1) is 0 Å². The van der Waals surface area contributed by atoms with Crippen LogP contribution in [-0.4, -0.2) is 37.2 Å². The van der Waals surface area contributed by atoms with Gasteiger partial charge in [0.1, 0.15) is 13.2 Å². The Morgan fingerprint density at radius 2 is 0.494 bits per heavy atom. The lowest BCUT2D eigenvalue weighted by Gasteiger charge is -2.18. The van der Waals surface area contributed by atoms with Gasteiger partial charge >= 0.3 is 17.9 Å². The first kappa shape index (κ1) is 74.8. The van der Waals surface area contributed by atoms with Crippen LogP contribution in [-0.2, 0) is 28.6 Å². The minimum Gasteiger partial charge on any atom is -0.462 e. The van der Waals surface area contributed by atoms with Gasteiger partial charge in [0.15, 0.2) is 6.10 Å². The predicted octanol–water partition coefficient (Wildman–Crippen LogP) is 22.8. The van der Waals surface area contributed by atoms with Crippen molar-refractivity contribution < 1.29 is 28.6 Å².